The van der Waals surface area contributed by atoms with Crippen LogP contribution in [0.5, 0.6) is 0 Å². The number of β-amino-alcohol motifs (C(OH)–C–C–N with tert-alkyl or cyclic N) is 1. The third-order valence-corrected chi connectivity index (χ3v) is 5.23. The lowest BCUT2D eigenvalue weighted by atomic mass is 9.87. The molecular weight excluding hydrogens is 357 g/mol. The van der Waals surface area contributed by atoms with E-state index in [1.807, 2.05) is 12.2 Å². The molecule has 3 aliphatic rings. The van der Waals surface area contributed by atoms with Crippen LogP contribution in [0.15, 0.2) is 47.2 Å². The maximum Gasteiger partial charge on any atom is 0.416 e. The first-order chi connectivity index (χ1) is 12.9. The molecule has 4 rings (SSSR count). The molecule has 1 aliphatic carbocycles. The molecule has 0 radical (unpaired) electrons. The van der Waals surface area contributed by atoms with Crippen LogP contribution in [0.1, 0.15) is 24.0 Å². The van der Waals surface area contributed by atoms with E-state index in [-0.39, 0.29) is 12.0 Å². The highest BCUT2D eigenvalue weighted by atomic mass is 19.4. The van der Waals surface area contributed by atoms with E-state index < -0.39 is 11.7 Å². The number of ether oxygens (including phenoxy) is 1. The lowest BCUT2D eigenvalue weighted by molar-refractivity contribution is -0.137. The summed E-state index contributed by atoms with van der Waals surface area (Å²) in [5.41, 5.74) is 1.07. The molecule has 0 spiro atoms. The van der Waals surface area contributed by atoms with Gasteiger partial charge in [0, 0.05) is 13.1 Å². The summed E-state index contributed by atoms with van der Waals surface area (Å²) in [6.45, 7) is 2.38. The maximum atomic E-state index is 12.8. The number of aliphatic hydroxyl groups excluding tert-OH is 1. The Hall–Kier alpha value is -2.28. The third-order valence-electron chi connectivity index (χ3n) is 5.23. The second-order valence-electron chi connectivity index (χ2n) is 7.07. The van der Waals surface area contributed by atoms with Crippen molar-refractivity contribution in [3.8, 4) is 0 Å². The number of aliphatic hydroxyl groups is 1. The molecular formula is C20H21F3N2O2. The largest absolute Gasteiger partial charge is 0.495 e. The number of allylic oxidation sites excluding steroid dienone is 3. The molecule has 2 unspecified atom stereocenters. The van der Waals surface area contributed by atoms with Crippen LogP contribution >= 0.6 is 0 Å². The molecule has 0 bridgehead atoms. The molecule has 1 aromatic rings. The van der Waals surface area contributed by atoms with Crippen molar-refractivity contribution >= 4 is 11.4 Å². The van der Waals surface area contributed by atoms with Crippen LogP contribution < -0.4 is 0 Å². The van der Waals surface area contributed by atoms with Gasteiger partial charge in [0.15, 0.2) is 0 Å². The minimum atomic E-state index is -4.34. The quantitative estimate of drug-likeness (QED) is 0.814. The molecule has 1 fully saturated rings. The Morgan fingerprint density at radius 1 is 1.15 bits per heavy atom. The monoisotopic (exact) mass is 378 g/mol. The van der Waals surface area contributed by atoms with Gasteiger partial charge in [-0.1, -0.05) is 18.2 Å². The summed E-state index contributed by atoms with van der Waals surface area (Å²) in [4.78, 5) is 6.79. The Bertz CT molecular complexity index is 796. The van der Waals surface area contributed by atoms with Crippen LogP contribution in [-0.2, 0) is 10.9 Å². The van der Waals surface area contributed by atoms with Gasteiger partial charge >= 0.3 is 6.18 Å². The first-order valence-corrected chi connectivity index (χ1v) is 9.10. The average Bonchev–Trinajstić information content (AvgIpc) is 2.96. The van der Waals surface area contributed by atoms with Gasteiger partial charge in [0.1, 0.15) is 18.2 Å². The number of amidine groups is 1. The van der Waals surface area contributed by atoms with Crippen LogP contribution in [0.2, 0.25) is 0 Å². The first-order valence-electron chi connectivity index (χ1n) is 9.10. The van der Waals surface area contributed by atoms with E-state index in [0.717, 1.165) is 41.4 Å². The number of nitrogens with zero attached hydrogens (tertiary/aromatic N) is 2. The number of benzene rings is 1. The Balaban J connectivity index is 1.59. The van der Waals surface area contributed by atoms with Crippen molar-refractivity contribution in [2.24, 2.45) is 10.9 Å². The van der Waals surface area contributed by atoms with Gasteiger partial charge in [-0.3, -0.25) is 4.99 Å². The number of halogens is 3. The lowest BCUT2D eigenvalue weighted by Crippen LogP contribution is -2.36. The van der Waals surface area contributed by atoms with E-state index in [4.69, 9.17) is 4.74 Å². The van der Waals surface area contributed by atoms with Crippen LogP contribution in [0.25, 0.3) is 5.57 Å². The highest BCUT2D eigenvalue weighted by Gasteiger charge is 2.35. The van der Waals surface area contributed by atoms with Crippen molar-refractivity contribution in [3.05, 3.63) is 53.3 Å². The summed E-state index contributed by atoms with van der Waals surface area (Å²) in [6.07, 6.45) is 0.455. The third kappa shape index (κ3) is 3.74. The minimum Gasteiger partial charge on any atom is -0.495 e. The molecule has 2 aliphatic heterocycles. The van der Waals surface area contributed by atoms with E-state index in [9.17, 15) is 18.3 Å². The number of hydrogen-bond acceptors (Lipinski definition) is 4. The molecule has 0 saturated carbocycles. The van der Waals surface area contributed by atoms with Crippen molar-refractivity contribution in [3.63, 3.8) is 0 Å². The zero-order chi connectivity index (χ0) is 19.0. The Morgan fingerprint density at radius 2 is 1.93 bits per heavy atom. The lowest BCUT2D eigenvalue weighted by Gasteiger charge is -2.30. The Kier molecular flexibility index (Phi) is 4.72. The molecule has 27 heavy (non-hydrogen) atoms. The van der Waals surface area contributed by atoms with Gasteiger partial charge in [-0.05, 0) is 42.2 Å². The van der Waals surface area contributed by atoms with Gasteiger partial charge in [0.05, 0.1) is 24.1 Å². The number of alkyl halides is 3. The molecule has 4 nitrogen and oxygen atoms in total. The zero-order valence-corrected chi connectivity index (χ0v) is 14.7. The van der Waals surface area contributed by atoms with E-state index in [0.29, 0.717) is 32.5 Å². The van der Waals surface area contributed by atoms with Gasteiger partial charge in [0.25, 0.3) is 0 Å². The summed E-state index contributed by atoms with van der Waals surface area (Å²) in [5.74, 6) is 1.68. The standard InChI is InChI=1S/C20H21F3N2O2/c21-20(22,23)15-4-1-13(2-5-15)14-3-6-18-17(11-14)19(24-8-10-27-18)25-9-7-16(26)12-25/h1-6,16-17,26H,7-12H2. The molecule has 1 aromatic carbocycles. The summed E-state index contributed by atoms with van der Waals surface area (Å²) in [6, 6.07) is 5.26. The molecule has 1 saturated heterocycles. The van der Waals surface area contributed by atoms with Crippen molar-refractivity contribution in [1.29, 1.82) is 0 Å². The van der Waals surface area contributed by atoms with E-state index >= 15 is 0 Å². The normalized spacial score (nSPS) is 25.8. The van der Waals surface area contributed by atoms with Gasteiger partial charge in [0.2, 0.25) is 0 Å². The minimum absolute atomic E-state index is 0.0694. The second kappa shape index (κ2) is 7.03. The highest BCUT2D eigenvalue weighted by molar-refractivity contribution is 5.90. The first kappa shape index (κ1) is 18.1. The molecule has 0 amide bonds. The van der Waals surface area contributed by atoms with Crippen LogP contribution in [-0.4, -0.2) is 48.2 Å². The van der Waals surface area contributed by atoms with Crippen LogP contribution in [0.3, 0.4) is 0 Å². The Morgan fingerprint density at radius 3 is 2.59 bits per heavy atom. The van der Waals surface area contributed by atoms with Gasteiger partial charge in [-0.25, -0.2) is 0 Å². The summed E-state index contributed by atoms with van der Waals surface area (Å²) in [5, 5.41) is 9.87. The number of fused-ring (bicyclic) bond motifs is 1. The summed E-state index contributed by atoms with van der Waals surface area (Å²) < 4.78 is 44.2. The molecule has 0 aromatic heterocycles. The number of hydrogen-bond donors (Lipinski definition) is 1. The number of likely N-dealkylation sites (tertiary alicyclic amines) is 1. The number of rotatable bonds is 1. The van der Waals surface area contributed by atoms with Gasteiger partial charge in [-0.15, -0.1) is 0 Å². The fourth-order valence-corrected chi connectivity index (χ4v) is 3.85. The van der Waals surface area contributed by atoms with Crippen molar-refractivity contribution in [2.75, 3.05) is 26.2 Å². The summed E-state index contributed by atoms with van der Waals surface area (Å²) >= 11 is 0. The van der Waals surface area contributed by atoms with Crippen LogP contribution in [0.4, 0.5) is 13.2 Å². The molecule has 7 heteroatoms. The van der Waals surface area contributed by atoms with Gasteiger partial charge < -0.3 is 14.7 Å². The molecule has 2 heterocycles. The Labute approximate surface area is 155 Å². The maximum absolute atomic E-state index is 12.8. The highest BCUT2D eigenvalue weighted by Crippen LogP contribution is 2.36. The SMILES string of the molecule is OC1CCN(C2=NCCOC3=CC=C(c4ccc(C(F)(F)F)cc4)CC32)C1. The van der Waals surface area contributed by atoms with Crippen molar-refractivity contribution < 1.29 is 23.0 Å². The predicted octanol–water partition coefficient (Wildman–Crippen LogP) is 3.49. The molecule has 1 N–H and O–H groups in total. The van der Waals surface area contributed by atoms with E-state index in [1.54, 1.807) is 0 Å². The van der Waals surface area contributed by atoms with Gasteiger partial charge in [-0.2, -0.15) is 13.2 Å². The number of aliphatic imine (C=N–C) groups is 1. The fourth-order valence-electron chi connectivity index (χ4n) is 3.85. The van der Waals surface area contributed by atoms with Crippen LogP contribution in [0, 0.1) is 5.92 Å². The van der Waals surface area contributed by atoms with Crippen molar-refractivity contribution in [1.82, 2.24) is 4.90 Å². The van der Waals surface area contributed by atoms with E-state index in [2.05, 4.69) is 9.89 Å². The second-order valence-corrected chi connectivity index (χ2v) is 7.07. The molecule has 2 atom stereocenters. The smallest absolute Gasteiger partial charge is 0.416 e. The fraction of sp³-hybridized carbons (Fsp3) is 0.450. The summed E-state index contributed by atoms with van der Waals surface area (Å²) in [7, 11) is 0. The van der Waals surface area contributed by atoms with E-state index in [1.165, 1.54) is 12.1 Å². The zero-order valence-electron chi connectivity index (χ0n) is 14.7. The topological polar surface area (TPSA) is 45.1 Å². The predicted molar refractivity (Wildman–Crippen MR) is 96.1 cm³/mol. The van der Waals surface area contributed by atoms with Crippen molar-refractivity contribution in [2.45, 2.75) is 25.1 Å². The molecule has 144 valence electrons. The average molecular weight is 378 g/mol.